The molecule has 0 N–H and O–H groups in total. The van der Waals surface area contributed by atoms with Gasteiger partial charge in [-0.2, -0.15) is 0 Å². The van der Waals surface area contributed by atoms with Crippen LogP contribution in [0.2, 0.25) is 0 Å². The summed E-state index contributed by atoms with van der Waals surface area (Å²) in [4.78, 5) is 0. The van der Waals surface area contributed by atoms with Gasteiger partial charge in [-0.05, 0) is 24.6 Å². The number of hydrogen-bond acceptors (Lipinski definition) is 3. The second kappa shape index (κ2) is 5.22. The van der Waals surface area contributed by atoms with E-state index in [2.05, 4.69) is 31.2 Å². The minimum Gasteiger partial charge on any atom is -0.489 e. The molecule has 19 heavy (non-hydrogen) atoms. The quantitative estimate of drug-likeness (QED) is 0.843. The highest BCUT2D eigenvalue weighted by molar-refractivity contribution is 5.46. The number of aryl methyl sites for hydroxylation is 1. The molecule has 0 radical (unpaired) electrons. The van der Waals surface area contributed by atoms with Gasteiger partial charge in [-0.3, -0.25) is 0 Å². The minimum absolute atomic E-state index is 0.555. The van der Waals surface area contributed by atoms with Gasteiger partial charge in [0.2, 0.25) is 0 Å². The summed E-state index contributed by atoms with van der Waals surface area (Å²) in [6, 6.07) is 14.0. The Morgan fingerprint density at radius 2 is 1.68 bits per heavy atom. The highest BCUT2D eigenvalue weighted by Gasteiger charge is 2.12. The van der Waals surface area contributed by atoms with Crippen LogP contribution in [0.5, 0.6) is 17.2 Å². The monoisotopic (exact) mass is 256 g/mol. The third-order valence-electron chi connectivity index (χ3n) is 3.04. The highest BCUT2D eigenvalue weighted by atomic mass is 16.6. The first-order chi connectivity index (χ1) is 9.31. The Morgan fingerprint density at radius 1 is 0.947 bits per heavy atom. The highest BCUT2D eigenvalue weighted by Crippen LogP contribution is 2.33. The summed E-state index contributed by atoms with van der Waals surface area (Å²) >= 11 is 0. The molecule has 1 heterocycles. The molecule has 0 saturated carbocycles. The van der Waals surface area contributed by atoms with Gasteiger partial charge in [0.15, 0.2) is 11.5 Å². The molecule has 0 aromatic heterocycles. The van der Waals surface area contributed by atoms with E-state index in [1.54, 1.807) is 0 Å². The van der Waals surface area contributed by atoms with Crippen molar-refractivity contribution in [2.45, 2.75) is 13.5 Å². The van der Waals surface area contributed by atoms with Crippen LogP contribution in [0.25, 0.3) is 0 Å². The zero-order valence-corrected chi connectivity index (χ0v) is 10.9. The lowest BCUT2D eigenvalue weighted by Gasteiger charge is -2.18. The predicted molar refractivity (Wildman–Crippen MR) is 72.9 cm³/mol. The molecular weight excluding hydrogens is 240 g/mol. The van der Waals surface area contributed by atoms with E-state index in [4.69, 9.17) is 14.2 Å². The zero-order chi connectivity index (χ0) is 13.1. The lowest BCUT2D eigenvalue weighted by atomic mass is 10.2. The Bertz CT molecular complexity index is 561. The largest absolute Gasteiger partial charge is 0.489 e. The zero-order valence-electron chi connectivity index (χ0n) is 10.9. The molecule has 0 amide bonds. The normalized spacial score (nSPS) is 13.1. The van der Waals surface area contributed by atoms with Crippen LogP contribution in [-0.4, -0.2) is 13.2 Å². The first-order valence-corrected chi connectivity index (χ1v) is 6.39. The van der Waals surface area contributed by atoms with Crippen LogP contribution in [0, 0.1) is 6.92 Å². The summed E-state index contributed by atoms with van der Waals surface area (Å²) in [6.45, 7) is 3.83. The van der Waals surface area contributed by atoms with Gasteiger partial charge < -0.3 is 14.2 Å². The van der Waals surface area contributed by atoms with E-state index in [1.165, 1.54) is 5.56 Å². The van der Waals surface area contributed by atoms with E-state index < -0.39 is 0 Å². The lowest BCUT2D eigenvalue weighted by Crippen LogP contribution is -2.15. The van der Waals surface area contributed by atoms with Crippen molar-refractivity contribution < 1.29 is 14.2 Å². The molecule has 0 unspecified atom stereocenters. The van der Waals surface area contributed by atoms with Crippen molar-refractivity contribution in [1.82, 2.24) is 0 Å². The third kappa shape index (κ3) is 2.81. The summed E-state index contributed by atoms with van der Waals surface area (Å²) in [5.41, 5.74) is 2.41. The lowest BCUT2D eigenvalue weighted by molar-refractivity contribution is 0.170. The molecule has 3 heteroatoms. The van der Waals surface area contributed by atoms with Crippen molar-refractivity contribution >= 4 is 0 Å². The van der Waals surface area contributed by atoms with Gasteiger partial charge in [-0.1, -0.05) is 29.8 Å². The topological polar surface area (TPSA) is 27.7 Å². The smallest absolute Gasteiger partial charge is 0.165 e. The summed E-state index contributed by atoms with van der Waals surface area (Å²) in [6.07, 6.45) is 0. The molecule has 0 saturated heterocycles. The van der Waals surface area contributed by atoms with Crippen molar-refractivity contribution in [1.29, 1.82) is 0 Å². The van der Waals surface area contributed by atoms with Crippen LogP contribution in [0.3, 0.4) is 0 Å². The van der Waals surface area contributed by atoms with Crippen LogP contribution < -0.4 is 14.2 Å². The fraction of sp³-hybridized carbons (Fsp3) is 0.250. The van der Waals surface area contributed by atoms with Crippen LogP contribution in [0.15, 0.2) is 42.5 Å². The van der Waals surface area contributed by atoms with Crippen LogP contribution >= 0.6 is 0 Å². The standard InChI is InChI=1S/C16H16O3/c1-12-2-4-13(5-3-12)11-19-14-6-7-15-16(10-14)18-9-8-17-15/h2-7,10H,8-9,11H2,1H3. The van der Waals surface area contributed by atoms with Crippen molar-refractivity contribution in [2.75, 3.05) is 13.2 Å². The fourth-order valence-electron chi connectivity index (χ4n) is 1.96. The Kier molecular flexibility index (Phi) is 3.27. The number of benzene rings is 2. The van der Waals surface area contributed by atoms with Gasteiger partial charge in [0.05, 0.1) is 0 Å². The number of fused-ring (bicyclic) bond motifs is 1. The van der Waals surface area contributed by atoms with E-state index in [1.807, 2.05) is 18.2 Å². The molecule has 98 valence electrons. The second-order valence-corrected chi connectivity index (χ2v) is 4.58. The fourth-order valence-corrected chi connectivity index (χ4v) is 1.96. The number of ether oxygens (including phenoxy) is 3. The summed E-state index contributed by atoms with van der Waals surface area (Å²) in [5, 5.41) is 0. The molecular formula is C16H16O3. The summed E-state index contributed by atoms with van der Waals surface area (Å²) < 4.78 is 16.8. The summed E-state index contributed by atoms with van der Waals surface area (Å²) in [5.74, 6) is 2.34. The molecule has 2 aromatic carbocycles. The van der Waals surface area contributed by atoms with Gasteiger partial charge in [0.1, 0.15) is 25.6 Å². The Morgan fingerprint density at radius 3 is 2.47 bits per heavy atom. The molecule has 1 aliphatic heterocycles. The average molecular weight is 256 g/mol. The van der Waals surface area contributed by atoms with E-state index in [0.717, 1.165) is 22.8 Å². The molecule has 0 aliphatic carbocycles. The first kappa shape index (κ1) is 11.9. The molecule has 0 bridgehead atoms. The number of rotatable bonds is 3. The molecule has 2 aromatic rings. The maximum absolute atomic E-state index is 5.76. The van der Waals surface area contributed by atoms with Crippen LogP contribution in [0.4, 0.5) is 0 Å². The van der Waals surface area contributed by atoms with E-state index >= 15 is 0 Å². The third-order valence-corrected chi connectivity index (χ3v) is 3.04. The van der Waals surface area contributed by atoms with Crippen LogP contribution in [-0.2, 0) is 6.61 Å². The van der Waals surface area contributed by atoms with E-state index in [0.29, 0.717) is 19.8 Å². The van der Waals surface area contributed by atoms with Gasteiger partial charge in [-0.15, -0.1) is 0 Å². The van der Waals surface area contributed by atoms with Gasteiger partial charge in [-0.25, -0.2) is 0 Å². The Balaban J connectivity index is 1.68. The molecule has 3 nitrogen and oxygen atoms in total. The Hall–Kier alpha value is -2.16. The molecule has 3 rings (SSSR count). The predicted octanol–water partition coefficient (Wildman–Crippen LogP) is 3.35. The van der Waals surface area contributed by atoms with E-state index in [-0.39, 0.29) is 0 Å². The van der Waals surface area contributed by atoms with Gasteiger partial charge in [0.25, 0.3) is 0 Å². The molecule has 1 aliphatic rings. The van der Waals surface area contributed by atoms with Crippen molar-refractivity contribution in [2.24, 2.45) is 0 Å². The average Bonchev–Trinajstić information content (AvgIpc) is 2.46. The molecule has 0 fully saturated rings. The van der Waals surface area contributed by atoms with Crippen LogP contribution in [0.1, 0.15) is 11.1 Å². The van der Waals surface area contributed by atoms with Crippen molar-refractivity contribution in [3.63, 3.8) is 0 Å². The van der Waals surface area contributed by atoms with Crippen molar-refractivity contribution in [3.8, 4) is 17.2 Å². The second-order valence-electron chi connectivity index (χ2n) is 4.58. The summed E-state index contributed by atoms with van der Waals surface area (Å²) in [7, 11) is 0. The van der Waals surface area contributed by atoms with Gasteiger partial charge >= 0.3 is 0 Å². The van der Waals surface area contributed by atoms with Crippen molar-refractivity contribution in [3.05, 3.63) is 53.6 Å². The first-order valence-electron chi connectivity index (χ1n) is 6.39. The molecule has 0 atom stereocenters. The maximum Gasteiger partial charge on any atom is 0.165 e. The SMILES string of the molecule is Cc1ccc(COc2ccc3c(c2)OCCO3)cc1. The minimum atomic E-state index is 0.555. The van der Waals surface area contributed by atoms with E-state index in [9.17, 15) is 0 Å². The molecule has 0 spiro atoms. The van der Waals surface area contributed by atoms with Gasteiger partial charge in [0, 0.05) is 6.07 Å². The maximum atomic E-state index is 5.76. The number of hydrogen-bond donors (Lipinski definition) is 0. The Labute approximate surface area is 112 Å².